The van der Waals surface area contributed by atoms with E-state index in [1.54, 1.807) is 12.1 Å². The molecule has 2 N–H and O–H groups in total. The van der Waals surface area contributed by atoms with E-state index in [9.17, 15) is 10.1 Å². The van der Waals surface area contributed by atoms with Crippen molar-refractivity contribution in [2.24, 2.45) is 5.92 Å². The average Bonchev–Trinajstić information content (AvgIpc) is 2.90. The van der Waals surface area contributed by atoms with Crippen molar-refractivity contribution in [2.45, 2.75) is 38.8 Å². The molecule has 0 spiro atoms. The summed E-state index contributed by atoms with van der Waals surface area (Å²) in [5, 5.41) is 16.1. The highest BCUT2D eigenvalue weighted by molar-refractivity contribution is 6.01. The van der Waals surface area contributed by atoms with Crippen molar-refractivity contribution < 1.29 is 13.9 Å². The zero-order chi connectivity index (χ0) is 25.2. The van der Waals surface area contributed by atoms with Crippen molar-refractivity contribution in [1.29, 1.82) is 5.26 Å². The predicted molar refractivity (Wildman–Crippen MR) is 138 cm³/mol. The number of hydrogen-bond acceptors (Lipinski definition) is 6. The molecule has 4 fully saturated rings. The van der Waals surface area contributed by atoms with E-state index in [1.165, 1.54) is 6.07 Å². The van der Waals surface area contributed by atoms with Crippen LogP contribution in [-0.4, -0.2) is 62.8 Å². The molecule has 2 aromatic carbocycles. The molecular weight excluding hydrogens is 457 g/mol. The molecule has 190 valence electrons. The van der Waals surface area contributed by atoms with Gasteiger partial charge < -0.3 is 25.2 Å². The zero-order valence-electron chi connectivity index (χ0n) is 21.0. The molecule has 4 saturated heterocycles. The van der Waals surface area contributed by atoms with Crippen LogP contribution in [0.4, 0.5) is 15.8 Å². The standard InChI is InChI=1S/C28H34FN5O2/c1-18-21(16-30)4-3-5-22(18)19(2)31-28(35)23-14-27(34-10-12-36-13-11-34)24(29)15-25(23)32-26-17-33-8-6-20(26)7-9-33/h3-5,14-15,19-20,26,32H,6-13,17H2,1-2H3,(H,31,35)/t19-,26-/m1/s1. The minimum Gasteiger partial charge on any atom is -0.380 e. The topological polar surface area (TPSA) is 80.6 Å². The van der Waals surface area contributed by atoms with Gasteiger partial charge in [0.05, 0.1) is 47.8 Å². The van der Waals surface area contributed by atoms with Crippen molar-refractivity contribution in [1.82, 2.24) is 10.2 Å². The molecule has 7 nitrogen and oxygen atoms in total. The maximum Gasteiger partial charge on any atom is 0.253 e. The summed E-state index contributed by atoms with van der Waals surface area (Å²) >= 11 is 0. The summed E-state index contributed by atoms with van der Waals surface area (Å²) in [6, 6.07) is 10.8. The molecule has 4 heterocycles. The Bertz CT molecular complexity index is 1170. The Hall–Kier alpha value is -3.15. The number of benzene rings is 2. The molecule has 4 aliphatic rings. The number of halogens is 1. The fourth-order valence-electron chi connectivity index (χ4n) is 5.84. The quantitative estimate of drug-likeness (QED) is 0.639. The fourth-order valence-corrected chi connectivity index (χ4v) is 5.84. The Morgan fingerprint density at radius 1 is 1.19 bits per heavy atom. The molecule has 1 amide bonds. The van der Waals surface area contributed by atoms with Crippen LogP contribution in [0.15, 0.2) is 30.3 Å². The molecule has 0 aromatic heterocycles. The second kappa shape index (κ2) is 10.5. The predicted octanol–water partition coefficient (Wildman–Crippen LogP) is 3.84. The zero-order valence-corrected chi connectivity index (χ0v) is 21.0. The lowest BCUT2D eigenvalue weighted by Crippen LogP contribution is -2.53. The average molecular weight is 492 g/mol. The molecule has 2 bridgehead atoms. The van der Waals surface area contributed by atoms with Crippen LogP contribution < -0.4 is 15.5 Å². The minimum atomic E-state index is -0.331. The summed E-state index contributed by atoms with van der Waals surface area (Å²) in [5.74, 6) is -0.0615. The van der Waals surface area contributed by atoms with E-state index < -0.39 is 0 Å². The normalized spacial score (nSPS) is 24.2. The number of anilines is 2. The van der Waals surface area contributed by atoms with Gasteiger partial charge in [0.15, 0.2) is 0 Å². The van der Waals surface area contributed by atoms with Crippen LogP contribution in [0.2, 0.25) is 0 Å². The van der Waals surface area contributed by atoms with Crippen LogP contribution in [0.3, 0.4) is 0 Å². The number of hydrogen-bond donors (Lipinski definition) is 2. The second-order valence-electron chi connectivity index (χ2n) is 10.2. The Labute approximate surface area is 212 Å². The van der Waals surface area contributed by atoms with Gasteiger partial charge >= 0.3 is 0 Å². The summed E-state index contributed by atoms with van der Waals surface area (Å²) in [7, 11) is 0. The Morgan fingerprint density at radius 2 is 1.94 bits per heavy atom. The lowest BCUT2D eigenvalue weighted by Gasteiger charge is -2.45. The molecule has 2 aromatic rings. The summed E-state index contributed by atoms with van der Waals surface area (Å²) < 4.78 is 20.8. The molecule has 36 heavy (non-hydrogen) atoms. The van der Waals surface area contributed by atoms with E-state index in [0.29, 0.717) is 54.7 Å². The number of fused-ring (bicyclic) bond motifs is 3. The first kappa shape index (κ1) is 24.5. The number of morpholine rings is 1. The molecule has 8 heteroatoms. The van der Waals surface area contributed by atoms with Crippen molar-refractivity contribution in [3.8, 4) is 6.07 Å². The van der Waals surface area contributed by atoms with Crippen LogP contribution in [0.1, 0.15) is 52.9 Å². The first-order chi connectivity index (χ1) is 17.4. The van der Waals surface area contributed by atoms with Gasteiger partial charge in [-0.1, -0.05) is 12.1 Å². The van der Waals surface area contributed by atoms with Gasteiger partial charge in [-0.05, 0) is 75.0 Å². The SMILES string of the molecule is Cc1c(C#N)cccc1[C@@H](C)NC(=O)c1cc(N2CCOCC2)c(F)cc1N[C@@H]1CN2CCC1CC2. The van der Waals surface area contributed by atoms with Crippen molar-refractivity contribution >= 4 is 17.3 Å². The molecule has 0 saturated carbocycles. The first-order valence-electron chi connectivity index (χ1n) is 12.9. The number of nitrogens with one attached hydrogen (secondary N) is 2. The fraction of sp³-hybridized carbons (Fsp3) is 0.500. The van der Waals surface area contributed by atoms with Gasteiger partial charge in [-0.2, -0.15) is 5.26 Å². The summed E-state index contributed by atoms with van der Waals surface area (Å²) in [5.41, 5.74) is 3.75. The summed E-state index contributed by atoms with van der Waals surface area (Å²) in [6.45, 7) is 9.17. The van der Waals surface area contributed by atoms with Gasteiger partial charge in [0.25, 0.3) is 5.91 Å². The van der Waals surface area contributed by atoms with Crippen LogP contribution in [0.5, 0.6) is 0 Å². The molecule has 4 aliphatic heterocycles. The number of nitriles is 1. The minimum absolute atomic E-state index is 0.194. The third-order valence-electron chi connectivity index (χ3n) is 7.99. The number of nitrogens with zero attached hydrogens (tertiary/aromatic N) is 3. The van der Waals surface area contributed by atoms with Crippen LogP contribution in [0, 0.1) is 30.0 Å². The van der Waals surface area contributed by atoms with E-state index in [0.717, 1.165) is 43.6 Å². The second-order valence-corrected chi connectivity index (χ2v) is 10.2. The van der Waals surface area contributed by atoms with Crippen molar-refractivity contribution in [3.05, 3.63) is 58.4 Å². The lowest BCUT2D eigenvalue weighted by atomic mass is 9.84. The number of ether oxygens (including phenoxy) is 1. The van der Waals surface area contributed by atoms with E-state index in [1.807, 2.05) is 30.9 Å². The van der Waals surface area contributed by atoms with E-state index in [2.05, 4.69) is 21.6 Å². The maximum absolute atomic E-state index is 15.4. The van der Waals surface area contributed by atoms with Gasteiger partial charge in [-0.15, -0.1) is 0 Å². The van der Waals surface area contributed by atoms with Gasteiger partial charge in [0.2, 0.25) is 0 Å². The van der Waals surface area contributed by atoms with Gasteiger partial charge in [0.1, 0.15) is 5.82 Å². The largest absolute Gasteiger partial charge is 0.380 e. The van der Waals surface area contributed by atoms with Crippen molar-refractivity contribution in [2.75, 3.05) is 56.2 Å². The van der Waals surface area contributed by atoms with Gasteiger partial charge in [-0.25, -0.2) is 4.39 Å². The molecule has 0 unspecified atom stereocenters. The molecule has 0 radical (unpaired) electrons. The lowest BCUT2D eigenvalue weighted by molar-refractivity contribution is 0.0935. The third kappa shape index (κ3) is 4.91. The summed E-state index contributed by atoms with van der Waals surface area (Å²) in [6.07, 6.45) is 2.25. The van der Waals surface area contributed by atoms with Crippen LogP contribution >= 0.6 is 0 Å². The number of piperidine rings is 3. The smallest absolute Gasteiger partial charge is 0.253 e. The maximum atomic E-state index is 15.4. The van der Waals surface area contributed by atoms with Crippen molar-refractivity contribution in [3.63, 3.8) is 0 Å². The Kier molecular flexibility index (Phi) is 7.13. The first-order valence-corrected chi connectivity index (χ1v) is 12.9. The molecular formula is C28H34FN5O2. The number of carbonyl (C=O) groups is 1. The third-order valence-corrected chi connectivity index (χ3v) is 7.99. The van der Waals surface area contributed by atoms with E-state index in [4.69, 9.17) is 4.74 Å². The Balaban J connectivity index is 1.45. The molecule has 2 atom stereocenters. The van der Waals surface area contributed by atoms with E-state index in [-0.39, 0.29) is 23.8 Å². The molecule has 6 rings (SSSR count). The highest BCUT2D eigenvalue weighted by Gasteiger charge is 2.35. The highest BCUT2D eigenvalue weighted by Crippen LogP contribution is 2.34. The highest BCUT2D eigenvalue weighted by atomic mass is 19.1. The Morgan fingerprint density at radius 3 is 2.61 bits per heavy atom. The monoisotopic (exact) mass is 491 g/mol. The van der Waals surface area contributed by atoms with Crippen LogP contribution in [-0.2, 0) is 4.74 Å². The number of amides is 1. The van der Waals surface area contributed by atoms with Crippen LogP contribution in [0.25, 0.3) is 0 Å². The summed E-state index contributed by atoms with van der Waals surface area (Å²) in [4.78, 5) is 18.0. The van der Waals surface area contributed by atoms with Gasteiger partial charge in [-0.3, -0.25) is 4.79 Å². The number of carbonyl (C=O) groups excluding carboxylic acids is 1. The number of rotatable bonds is 6. The van der Waals surface area contributed by atoms with E-state index >= 15 is 4.39 Å². The molecule has 0 aliphatic carbocycles. The van der Waals surface area contributed by atoms with Gasteiger partial charge in [0, 0.05) is 25.7 Å².